The van der Waals surface area contributed by atoms with Crippen LogP contribution >= 0.6 is 11.8 Å². The standard InChI is InChI=1S/C22H20N2O7S/c1-13-3-6-15(7-4-13)23-19(25)11-24-21(28)18(32-22(24)29)10-14-5-8-16(17(9-14)30-2)31-12-20(26)27/h3-10H,11-12H2,1-2H3,(H,23,25)(H,26,27)/b18-10-. The molecule has 166 valence electrons. The lowest BCUT2D eigenvalue weighted by atomic mass is 10.2. The van der Waals surface area contributed by atoms with Gasteiger partial charge in [-0.05, 0) is 54.6 Å². The van der Waals surface area contributed by atoms with Crippen molar-refractivity contribution in [3.8, 4) is 11.5 Å². The first kappa shape index (κ1) is 22.9. The van der Waals surface area contributed by atoms with E-state index in [9.17, 15) is 19.2 Å². The minimum Gasteiger partial charge on any atom is -0.493 e. The summed E-state index contributed by atoms with van der Waals surface area (Å²) in [6.45, 7) is 0.991. The van der Waals surface area contributed by atoms with Crippen LogP contribution in [-0.2, 0) is 14.4 Å². The number of carbonyl (C=O) groups is 4. The Kier molecular flexibility index (Phi) is 7.16. The zero-order valence-electron chi connectivity index (χ0n) is 17.3. The summed E-state index contributed by atoms with van der Waals surface area (Å²) in [5.41, 5.74) is 2.15. The number of hydrogen-bond acceptors (Lipinski definition) is 7. The molecule has 9 nitrogen and oxygen atoms in total. The van der Waals surface area contributed by atoms with Gasteiger partial charge in [-0.2, -0.15) is 0 Å². The molecular formula is C22H20N2O7S. The highest BCUT2D eigenvalue weighted by atomic mass is 32.2. The molecule has 0 bridgehead atoms. The van der Waals surface area contributed by atoms with Crippen molar-refractivity contribution in [1.82, 2.24) is 4.90 Å². The Morgan fingerprint density at radius 2 is 1.84 bits per heavy atom. The van der Waals surface area contributed by atoms with E-state index in [4.69, 9.17) is 14.6 Å². The predicted octanol–water partition coefficient (Wildman–Crippen LogP) is 3.14. The predicted molar refractivity (Wildman–Crippen MR) is 119 cm³/mol. The largest absolute Gasteiger partial charge is 0.493 e. The number of rotatable bonds is 8. The number of nitrogens with zero attached hydrogens (tertiary/aromatic N) is 1. The monoisotopic (exact) mass is 456 g/mol. The van der Waals surface area contributed by atoms with Gasteiger partial charge in [0.25, 0.3) is 11.1 Å². The second-order valence-electron chi connectivity index (χ2n) is 6.77. The molecule has 2 aromatic carbocycles. The highest BCUT2D eigenvalue weighted by Gasteiger charge is 2.36. The van der Waals surface area contributed by atoms with Crippen molar-refractivity contribution in [3.63, 3.8) is 0 Å². The fourth-order valence-corrected chi connectivity index (χ4v) is 3.64. The zero-order valence-corrected chi connectivity index (χ0v) is 18.1. The van der Waals surface area contributed by atoms with Crippen molar-refractivity contribution >= 4 is 46.5 Å². The highest BCUT2D eigenvalue weighted by Crippen LogP contribution is 2.34. The average molecular weight is 456 g/mol. The van der Waals surface area contributed by atoms with Crippen molar-refractivity contribution < 1.29 is 33.8 Å². The SMILES string of the molecule is COc1cc(/C=C2\SC(=O)N(CC(=O)Nc3ccc(C)cc3)C2=O)ccc1OCC(=O)O. The number of nitrogens with one attached hydrogen (secondary N) is 1. The summed E-state index contributed by atoms with van der Waals surface area (Å²) in [4.78, 5) is 48.9. The van der Waals surface area contributed by atoms with Gasteiger partial charge < -0.3 is 19.9 Å². The first-order valence-corrected chi connectivity index (χ1v) is 10.2. The van der Waals surface area contributed by atoms with Crippen LogP contribution in [0.25, 0.3) is 6.08 Å². The molecule has 3 rings (SSSR count). The van der Waals surface area contributed by atoms with E-state index in [0.717, 1.165) is 22.2 Å². The molecule has 1 fully saturated rings. The summed E-state index contributed by atoms with van der Waals surface area (Å²) in [6.07, 6.45) is 1.49. The quantitative estimate of drug-likeness (QED) is 0.581. The Balaban J connectivity index is 1.70. The average Bonchev–Trinajstić information content (AvgIpc) is 3.01. The van der Waals surface area contributed by atoms with Crippen LogP contribution < -0.4 is 14.8 Å². The summed E-state index contributed by atoms with van der Waals surface area (Å²) in [5, 5.41) is 10.8. The Morgan fingerprint density at radius 1 is 1.12 bits per heavy atom. The molecule has 0 unspecified atom stereocenters. The van der Waals surface area contributed by atoms with Crippen LogP contribution in [0.1, 0.15) is 11.1 Å². The molecule has 0 atom stereocenters. The van der Waals surface area contributed by atoms with Crippen molar-refractivity contribution in [3.05, 3.63) is 58.5 Å². The molecule has 2 aromatic rings. The van der Waals surface area contributed by atoms with Gasteiger partial charge in [0.2, 0.25) is 5.91 Å². The molecule has 0 aliphatic carbocycles. The first-order valence-electron chi connectivity index (χ1n) is 9.41. The number of benzene rings is 2. The van der Waals surface area contributed by atoms with Gasteiger partial charge in [-0.25, -0.2) is 4.79 Å². The molecule has 1 heterocycles. The van der Waals surface area contributed by atoms with Crippen LogP contribution in [0.2, 0.25) is 0 Å². The topological polar surface area (TPSA) is 122 Å². The van der Waals surface area contributed by atoms with E-state index in [0.29, 0.717) is 11.3 Å². The van der Waals surface area contributed by atoms with Gasteiger partial charge >= 0.3 is 5.97 Å². The van der Waals surface area contributed by atoms with Crippen molar-refractivity contribution in [2.45, 2.75) is 6.92 Å². The molecule has 0 aromatic heterocycles. The number of hydrogen-bond donors (Lipinski definition) is 2. The third-order valence-corrected chi connectivity index (χ3v) is 5.25. The molecular weight excluding hydrogens is 436 g/mol. The van der Waals surface area contributed by atoms with Crippen LogP contribution in [0, 0.1) is 6.92 Å². The molecule has 2 N–H and O–H groups in total. The number of aryl methyl sites for hydroxylation is 1. The summed E-state index contributed by atoms with van der Waals surface area (Å²) < 4.78 is 10.3. The van der Waals surface area contributed by atoms with Gasteiger partial charge in [0.1, 0.15) is 6.54 Å². The third kappa shape index (κ3) is 5.67. The van der Waals surface area contributed by atoms with E-state index < -0.39 is 36.2 Å². The number of thioether (sulfide) groups is 1. The van der Waals surface area contributed by atoms with Crippen LogP contribution in [0.3, 0.4) is 0 Å². The fourth-order valence-electron chi connectivity index (χ4n) is 2.80. The van der Waals surface area contributed by atoms with Crippen LogP contribution in [0.5, 0.6) is 11.5 Å². The van der Waals surface area contributed by atoms with Gasteiger partial charge in [0.15, 0.2) is 18.1 Å². The number of methoxy groups -OCH3 is 1. The minimum atomic E-state index is -1.13. The number of amides is 3. The maximum atomic E-state index is 12.7. The van der Waals surface area contributed by atoms with E-state index in [1.54, 1.807) is 24.3 Å². The number of carboxylic acid groups (broad SMARTS) is 1. The number of anilines is 1. The molecule has 10 heteroatoms. The Bertz CT molecular complexity index is 1100. The molecule has 1 aliphatic rings. The summed E-state index contributed by atoms with van der Waals surface area (Å²) in [5.74, 6) is -1.69. The van der Waals surface area contributed by atoms with Crippen molar-refractivity contribution in [2.75, 3.05) is 25.6 Å². The fraction of sp³-hybridized carbons (Fsp3) is 0.182. The van der Waals surface area contributed by atoms with E-state index >= 15 is 0 Å². The van der Waals surface area contributed by atoms with Crippen molar-refractivity contribution in [2.24, 2.45) is 0 Å². The van der Waals surface area contributed by atoms with Gasteiger partial charge in [-0.3, -0.25) is 19.3 Å². The van der Waals surface area contributed by atoms with E-state index in [2.05, 4.69) is 5.32 Å². The lowest BCUT2D eigenvalue weighted by Gasteiger charge is -2.12. The maximum Gasteiger partial charge on any atom is 0.341 e. The van der Waals surface area contributed by atoms with E-state index in [1.165, 1.54) is 19.3 Å². The molecule has 1 aliphatic heterocycles. The van der Waals surface area contributed by atoms with Crippen LogP contribution in [-0.4, -0.2) is 53.3 Å². The summed E-state index contributed by atoms with van der Waals surface area (Å²) >= 11 is 0.727. The number of carboxylic acids is 1. The maximum absolute atomic E-state index is 12.7. The molecule has 1 saturated heterocycles. The second kappa shape index (κ2) is 10.0. The first-order chi connectivity index (χ1) is 15.3. The van der Waals surface area contributed by atoms with Gasteiger partial charge in [-0.15, -0.1) is 0 Å². The normalized spacial score (nSPS) is 14.6. The highest BCUT2D eigenvalue weighted by molar-refractivity contribution is 8.18. The lowest BCUT2D eigenvalue weighted by Crippen LogP contribution is -2.36. The molecule has 32 heavy (non-hydrogen) atoms. The second-order valence-corrected chi connectivity index (χ2v) is 7.77. The Hall–Kier alpha value is -3.79. The number of aliphatic carboxylic acids is 1. The van der Waals surface area contributed by atoms with E-state index in [1.807, 2.05) is 19.1 Å². The molecule has 3 amide bonds. The Morgan fingerprint density at radius 3 is 2.50 bits per heavy atom. The van der Waals surface area contributed by atoms with Gasteiger partial charge in [-0.1, -0.05) is 23.8 Å². The zero-order chi connectivity index (χ0) is 23.3. The van der Waals surface area contributed by atoms with Crippen molar-refractivity contribution in [1.29, 1.82) is 0 Å². The minimum absolute atomic E-state index is 0.152. The van der Waals surface area contributed by atoms with Gasteiger partial charge in [0.05, 0.1) is 12.0 Å². The smallest absolute Gasteiger partial charge is 0.341 e. The number of carbonyl (C=O) groups excluding carboxylic acids is 3. The molecule has 0 saturated carbocycles. The third-order valence-electron chi connectivity index (χ3n) is 4.35. The Labute approximate surface area is 188 Å². The molecule has 0 spiro atoms. The van der Waals surface area contributed by atoms with E-state index in [-0.39, 0.29) is 16.4 Å². The number of imide groups is 1. The van der Waals surface area contributed by atoms with Crippen LogP contribution in [0.15, 0.2) is 47.4 Å². The summed E-state index contributed by atoms with van der Waals surface area (Å²) in [6, 6.07) is 11.8. The molecule has 0 radical (unpaired) electrons. The lowest BCUT2D eigenvalue weighted by molar-refractivity contribution is -0.139. The number of ether oxygens (including phenoxy) is 2. The van der Waals surface area contributed by atoms with Crippen LogP contribution in [0.4, 0.5) is 10.5 Å². The summed E-state index contributed by atoms with van der Waals surface area (Å²) in [7, 11) is 1.40. The van der Waals surface area contributed by atoms with Gasteiger partial charge in [0, 0.05) is 5.69 Å².